The first-order valence-electron chi connectivity index (χ1n) is 17.5. The highest BCUT2D eigenvalue weighted by molar-refractivity contribution is 7.26. The van der Waals surface area contributed by atoms with Crippen molar-refractivity contribution >= 4 is 75.1 Å². The van der Waals surface area contributed by atoms with E-state index in [0.29, 0.717) is 5.82 Å². The molecule has 0 amide bonds. The largest absolute Gasteiger partial charge is 0.456 e. The van der Waals surface area contributed by atoms with Gasteiger partial charge in [0.1, 0.15) is 11.2 Å². The molecular weight excluding hydrogens is 653 g/mol. The first kappa shape index (κ1) is 29.1. The molecule has 0 bridgehead atoms. The second-order valence-electron chi connectivity index (χ2n) is 13.3. The molecule has 0 saturated heterocycles. The molecule has 8 aromatic carbocycles. The maximum absolute atomic E-state index is 6.59. The zero-order valence-electron chi connectivity index (χ0n) is 27.9. The van der Waals surface area contributed by atoms with Crippen LogP contribution in [-0.4, -0.2) is 9.97 Å². The normalized spacial score (nSPS) is 11.8. The number of furan rings is 1. The van der Waals surface area contributed by atoms with E-state index in [0.717, 1.165) is 65.5 Å². The molecular formula is C48H28N2OS. The third-order valence-electron chi connectivity index (χ3n) is 10.3. The summed E-state index contributed by atoms with van der Waals surface area (Å²) in [6.45, 7) is 0. The molecule has 0 N–H and O–H groups in total. The smallest absolute Gasteiger partial charge is 0.161 e. The molecule has 0 spiro atoms. The van der Waals surface area contributed by atoms with Gasteiger partial charge in [-0.1, -0.05) is 133 Å². The van der Waals surface area contributed by atoms with Gasteiger partial charge in [0.2, 0.25) is 0 Å². The fourth-order valence-electron chi connectivity index (χ4n) is 7.75. The Morgan fingerprint density at radius 2 is 1.10 bits per heavy atom. The molecule has 3 nitrogen and oxygen atoms in total. The maximum Gasteiger partial charge on any atom is 0.161 e. The van der Waals surface area contributed by atoms with Crippen molar-refractivity contribution in [2.45, 2.75) is 0 Å². The average molecular weight is 681 g/mol. The van der Waals surface area contributed by atoms with E-state index in [4.69, 9.17) is 14.4 Å². The van der Waals surface area contributed by atoms with Gasteiger partial charge in [-0.15, -0.1) is 11.3 Å². The monoisotopic (exact) mass is 680 g/mol. The van der Waals surface area contributed by atoms with E-state index in [-0.39, 0.29) is 0 Å². The van der Waals surface area contributed by atoms with Crippen molar-refractivity contribution in [1.82, 2.24) is 9.97 Å². The number of aromatic nitrogens is 2. The third kappa shape index (κ3) is 4.58. The first-order chi connectivity index (χ1) is 25.7. The van der Waals surface area contributed by atoms with Crippen LogP contribution in [0.1, 0.15) is 0 Å². The lowest BCUT2D eigenvalue weighted by Gasteiger charge is -2.10. The van der Waals surface area contributed by atoms with Crippen molar-refractivity contribution in [3.05, 3.63) is 170 Å². The summed E-state index contributed by atoms with van der Waals surface area (Å²) in [4.78, 5) is 10.7. The predicted molar refractivity (Wildman–Crippen MR) is 219 cm³/mol. The first-order valence-corrected chi connectivity index (χ1v) is 18.3. The van der Waals surface area contributed by atoms with E-state index in [1.165, 1.54) is 37.4 Å². The summed E-state index contributed by atoms with van der Waals surface area (Å²) in [6, 6.07) is 60.2. The van der Waals surface area contributed by atoms with Crippen LogP contribution in [-0.2, 0) is 0 Å². The van der Waals surface area contributed by atoms with Gasteiger partial charge in [-0.25, -0.2) is 9.97 Å². The van der Waals surface area contributed by atoms with Crippen LogP contribution in [0.3, 0.4) is 0 Å². The van der Waals surface area contributed by atoms with Crippen LogP contribution < -0.4 is 0 Å². The number of rotatable bonds is 4. The van der Waals surface area contributed by atoms with Crippen LogP contribution in [0.4, 0.5) is 0 Å². The van der Waals surface area contributed by atoms with Gasteiger partial charge in [-0.2, -0.15) is 0 Å². The number of hydrogen-bond acceptors (Lipinski definition) is 4. The minimum atomic E-state index is 0.695. The summed E-state index contributed by atoms with van der Waals surface area (Å²) in [6.07, 6.45) is 0. The molecule has 0 radical (unpaired) electrons. The molecule has 52 heavy (non-hydrogen) atoms. The Balaban J connectivity index is 1.07. The summed E-state index contributed by atoms with van der Waals surface area (Å²) >= 11 is 1.76. The molecule has 11 rings (SSSR count). The summed E-state index contributed by atoms with van der Waals surface area (Å²) in [7, 11) is 0. The second-order valence-corrected chi connectivity index (χ2v) is 14.4. The van der Waals surface area contributed by atoms with E-state index in [1.807, 2.05) is 12.1 Å². The Kier molecular flexibility index (Phi) is 6.42. The third-order valence-corrected chi connectivity index (χ3v) is 11.4. The number of benzene rings is 8. The Labute approximate surface area is 303 Å². The number of nitrogens with zero attached hydrogens (tertiary/aromatic N) is 2. The van der Waals surface area contributed by atoms with Crippen LogP contribution in [0, 0.1) is 0 Å². The Morgan fingerprint density at radius 3 is 1.96 bits per heavy atom. The highest BCUT2D eigenvalue weighted by atomic mass is 32.1. The van der Waals surface area contributed by atoms with Gasteiger partial charge in [0.25, 0.3) is 0 Å². The lowest BCUT2D eigenvalue weighted by atomic mass is 9.97. The molecule has 3 heterocycles. The van der Waals surface area contributed by atoms with Gasteiger partial charge in [-0.3, -0.25) is 0 Å². The molecule has 11 aromatic rings. The van der Waals surface area contributed by atoms with Crippen LogP contribution in [0.2, 0.25) is 0 Å². The van der Waals surface area contributed by atoms with Gasteiger partial charge in [0, 0.05) is 32.0 Å². The summed E-state index contributed by atoms with van der Waals surface area (Å²) < 4.78 is 8.89. The predicted octanol–water partition coefficient (Wildman–Crippen LogP) is 13.7. The Bertz CT molecular complexity index is 3190. The van der Waals surface area contributed by atoms with Crippen LogP contribution in [0.25, 0.3) is 109 Å². The summed E-state index contributed by atoms with van der Waals surface area (Å²) in [5.41, 5.74) is 10.4. The van der Waals surface area contributed by atoms with Crippen molar-refractivity contribution in [3.63, 3.8) is 0 Å². The average Bonchev–Trinajstić information content (AvgIpc) is 3.78. The molecule has 0 atom stereocenters. The van der Waals surface area contributed by atoms with E-state index >= 15 is 0 Å². The van der Waals surface area contributed by atoms with Crippen molar-refractivity contribution in [2.75, 3.05) is 0 Å². The number of hydrogen-bond donors (Lipinski definition) is 0. The molecule has 0 fully saturated rings. The molecule has 242 valence electrons. The Hall–Kier alpha value is -6.62. The van der Waals surface area contributed by atoms with E-state index in [2.05, 4.69) is 158 Å². The highest BCUT2D eigenvalue weighted by Crippen LogP contribution is 2.43. The fourth-order valence-corrected chi connectivity index (χ4v) is 8.90. The van der Waals surface area contributed by atoms with Crippen molar-refractivity contribution < 1.29 is 4.42 Å². The van der Waals surface area contributed by atoms with Crippen molar-refractivity contribution in [2.24, 2.45) is 0 Å². The van der Waals surface area contributed by atoms with Gasteiger partial charge in [0.05, 0.1) is 15.9 Å². The minimum absolute atomic E-state index is 0.695. The van der Waals surface area contributed by atoms with E-state index < -0.39 is 0 Å². The summed E-state index contributed by atoms with van der Waals surface area (Å²) in [5.74, 6) is 0.695. The van der Waals surface area contributed by atoms with Gasteiger partial charge >= 0.3 is 0 Å². The van der Waals surface area contributed by atoms with Crippen LogP contribution in [0.15, 0.2) is 174 Å². The molecule has 0 unspecified atom stereocenters. The molecule has 0 aliphatic heterocycles. The van der Waals surface area contributed by atoms with E-state index in [1.54, 1.807) is 11.3 Å². The van der Waals surface area contributed by atoms with Crippen molar-refractivity contribution in [1.29, 1.82) is 0 Å². The lowest BCUT2D eigenvalue weighted by Crippen LogP contribution is -1.94. The topological polar surface area (TPSA) is 38.9 Å². The maximum atomic E-state index is 6.59. The summed E-state index contributed by atoms with van der Waals surface area (Å²) in [5, 5.41) is 8.02. The van der Waals surface area contributed by atoms with Gasteiger partial charge in [0.15, 0.2) is 5.82 Å². The molecule has 3 aromatic heterocycles. The van der Waals surface area contributed by atoms with Crippen LogP contribution >= 0.6 is 11.3 Å². The number of thiophene rings is 1. The Morgan fingerprint density at radius 1 is 0.423 bits per heavy atom. The lowest BCUT2D eigenvalue weighted by molar-refractivity contribution is 0.669. The van der Waals surface area contributed by atoms with Gasteiger partial charge < -0.3 is 4.42 Å². The van der Waals surface area contributed by atoms with Crippen LogP contribution in [0.5, 0.6) is 0 Å². The van der Waals surface area contributed by atoms with E-state index in [9.17, 15) is 0 Å². The zero-order valence-corrected chi connectivity index (χ0v) is 28.7. The quantitative estimate of drug-likeness (QED) is 0.186. The highest BCUT2D eigenvalue weighted by Gasteiger charge is 2.21. The zero-order chi connectivity index (χ0) is 34.2. The fraction of sp³-hybridized carbons (Fsp3) is 0. The van der Waals surface area contributed by atoms with Crippen molar-refractivity contribution in [3.8, 4) is 44.9 Å². The van der Waals surface area contributed by atoms with Gasteiger partial charge in [-0.05, 0) is 80.2 Å². The molecule has 0 saturated carbocycles. The SMILES string of the molecule is c1ccc(-c2ccc3cc(-c4ccc5c(c4)oc4cccc(-c6nc(-c7cccc8ccccc78)c7sc8ccccc8c7n6)c45)ccc3c2)cc1. The number of fused-ring (bicyclic) bond motifs is 8. The molecule has 0 aliphatic rings. The standard InChI is InChI=1S/C48H28N2OS/c1-2-10-29(11-3-1)31-20-21-33-27-34(23-22-32(33)26-31)35-24-25-38-42(28-35)51-41-18-9-17-40(44(38)41)48-49-45(37-16-8-13-30-12-4-5-14-36(30)37)47-46(50-48)39-15-6-7-19-43(39)52-47/h1-28H. The minimum Gasteiger partial charge on any atom is -0.456 e. The molecule has 0 aliphatic carbocycles. The molecule has 4 heteroatoms. The second kappa shape index (κ2) is 11.5.